The molecule has 0 aromatic rings. The molecule has 5 nitrogen and oxygen atoms in total. The van der Waals surface area contributed by atoms with Crippen LogP contribution in [0.2, 0.25) is 0 Å². The number of hydrogen-bond donors (Lipinski definition) is 3. The number of amides is 1. The Morgan fingerprint density at radius 1 is 1.42 bits per heavy atom. The van der Waals surface area contributed by atoms with Crippen molar-refractivity contribution in [2.75, 3.05) is 6.61 Å². The predicted octanol–water partition coefficient (Wildman–Crippen LogP) is -1.19. The maximum atomic E-state index is 11.5. The second-order valence-electron chi connectivity index (χ2n) is 1.88. The Morgan fingerprint density at radius 2 is 1.92 bits per heavy atom. The summed E-state index contributed by atoms with van der Waals surface area (Å²) in [4.78, 5) is 20.3. The fourth-order valence-electron chi connectivity index (χ4n) is 0.420. The molecule has 1 atom stereocenters. The molecule has 1 unspecified atom stereocenters. The fraction of sp³-hybridized carbons (Fsp3) is 0.600. The van der Waals surface area contributed by atoms with E-state index >= 15 is 0 Å². The van der Waals surface area contributed by atoms with Gasteiger partial charge in [0, 0.05) is 0 Å². The Bertz CT molecular complexity index is 184. The van der Waals surface area contributed by atoms with Crippen molar-refractivity contribution in [2.45, 2.75) is 12.5 Å². The SMILES string of the molecule is O=C(NC(CO)C(=O)O)C(F)F. The van der Waals surface area contributed by atoms with Crippen molar-refractivity contribution in [1.82, 2.24) is 5.32 Å². The minimum Gasteiger partial charge on any atom is -0.480 e. The number of carbonyl (C=O) groups is 2. The average molecular weight is 183 g/mol. The zero-order valence-electron chi connectivity index (χ0n) is 5.83. The topological polar surface area (TPSA) is 86.6 Å². The van der Waals surface area contributed by atoms with Crippen LogP contribution in [0.5, 0.6) is 0 Å². The van der Waals surface area contributed by atoms with Crippen LogP contribution in [0.15, 0.2) is 0 Å². The molecule has 0 fully saturated rings. The monoisotopic (exact) mass is 183 g/mol. The van der Waals surface area contributed by atoms with Crippen LogP contribution in [0.25, 0.3) is 0 Å². The van der Waals surface area contributed by atoms with Crippen LogP contribution in [0.3, 0.4) is 0 Å². The maximum absolute atomic E-state index is 11.5. The van der Waals surface area contributed by atoms with Gasteiger partial charge in [-0.05, 0) is 0 Å². The molecule has 0 aliphatic heterocycles. The predicted molar refractivity (Wildman–Crippen MR) is 32.7 cm³/mol. The molecule has 0 aromatic heterocycles. The van der Waals surface area contributed by atoms with Gasteiger partial charge in [0.25, 0.3) is 5.91 Å². The van der Waals surface area contributed by atoms with E-state index in [1.54, 1.807) is 0 Å². The van der Waals surface area contributed by atoms with Crippen molar-refractivity contribution < 1.29 is 28.6 Å². The standard InChI is InChI=1S/C5H7F2NO4/c6-3(7)4(10)8-2(1-9)5(11)12/h2-3,9H,1H2,(H,8,10)(H,11,12). The van der Waals surface area contributed by atoms with Crippen molar-refractivity contribution in [2.24, 2.45) is 0 Å². The molecule has 70 valence electrons. The van der Waals surface area contributed by atoms with Gasteiger partial charge in [0.2, 0.25) is 0 Å². The van der Waals surface area contributed by atoms with Gasteiger partial charge in [0.1, 0.15) is 0 Å². The number of hydrogen-bond acceptors (Lipinski definition) is 3. The summed E-state index contributed by atoms with van der Waals surface area (Å²) in [6.07, 6.45) is -3.28. The molecular formula is C5H7F2NO4. The molecule has 3 N–H and O–H groups in total. The third kappa shape index (κ3) is 3.24. The quantitative estimate of drug-likeness (QED) is 0.511. The number of aliphatic hydroxyl groups is 1. The molecule has 1 amide bonds. The van der Waals surface area contributed by atoms with Crippen LogP contribution < -0.4 is 5.32 Å². The highest BCUT2D eigenvalue weighted by molar-refractivity contribution is 5.85. The van der Waals surface area contributed by atoms with Gasteiger partial charge in [-0.25, -0.2) is 4.79 Å². The molecule has 0 rings (SSSR count). The van der Waals surface area contributed by atoms with Crippen molar-refractivity contribution in [3.8, 4) is 0 Å². The van der Waals surface area contributed by atoms with Crippen molar-refractivity contribution in [3.63, 3.8) is 0 Å². The minimum atomic E-state index is -3.28. The molecule has 0 saturated heterocycles. The van der Waals surface area contributed by atoms with Crippen LogP contribution in [-0.4, -0.2) is 41.2 Å². The van der Waals surface area contributed by atoms with Crippen LogP contribution in [0, 0.1) is 0 Å². The summed E-state index contributed by atoms with van der Waals surface area (Å²) in [5, 5.41) is 17.9. The Labute approximate surface area is 66.0 Å². The summed E-state index contributed by atoms with van der Waals surface area (Å²) in [5.74, 6) is -3.28. The van der Waals surface area contributed by atoms with Gasteiger partial charge in [-0.2, -0.15) is 8.78 Å². The fourth-order valence-corrected chi connectivity index (χ4v) is 0.420. The third-order valence-electron chi connectivity index (χ3n) is 0.995. The summed E-state index contributed by atoms with van der Waals surface area (Å²) in [6.45, 7) is -0.923. The zero-order chi connectivity index (χ0) is 9.72. The first kappa shape index (κ1) is 10.8. The summed E-state index contributed by atoms with van der Waals surface area (Å²) >= 11 is 0. The normalized spacial score (nSPS) is 12.7. The summed E-state index contributed by atoms with van der Waals surface area (Å²) in [6, 6.07) is -1.67. The summed E-state index contributed by atoms with van der Waals surface area (Å²) in [5.41, 5.74) is 0. The van der Waals surface area contributed by atoms with Gasteiger partial charge in [-0.1, -0.05) is 0 Å². The number of carboxylic acid groups (broad SMARTS) is 1. The molecular weight excluding hydrogens is 176 g/mol. The number of rotatable bonds is 4. The molecule has 0 aliphatic carbocycles. The van der Waals surface area contributed by atoms with Crippen molar-refractivity contribution in [3.05, 3.63) is 0 Å². The first-order chi connectivity index (χ1) is 5.49. The van der Waals surface area contributed by atoms with E-state index in [1.165, 1.54) is 5.32 Å². The molecule has 0 aromatic carbocycles. The van der Waals surface area contributed by atoms with Gasteiger partial charge in [0.05, 0.1) is 6.61 Å². The summed E-state index contributed by atoms with van der Waals surface area (Å²) < 4.78 is 23.0. The second kappa shape index (κ2) is 4.60. The van der Waals surface area contributed by atoms with Crippen molar-refractivity contribution in [1.29, 1.82) is 0 Å². The van der Waals surface area contributed by atoms with Crippen molar-refractivity contribution >= 4 is 11.9 Å². The Hall–Kier alpha value is -1.24. The van der Waals surface area contributed by atoms with E-state index in [0.29, 0.717) is 0 Å². The number of carbonyl (C=O) groups excluding carboxylic acids is 1. The number of alkyl halides is 2. The third-order valence-corrected chi connectivity index (χ3v) is 0.995. The first-order valence-corrected chi connectivity index (χ1v) is 2.91. The van der Waals surface area contributed by atoms with Crippen LogP contribution >= 0.6 is 0 Å². The highest BCUT2D eigenvalue weighted by atomic mass is 19.3. The van der Waals surface area contributed by atoms with Crippen LogP contribution in [-0.2, 0) is 9.59 Å². The number of aliphatic carboxylic acids is 1. The lowest BCUT2D eigenvalue weighted by Gasteiger charge is -2.10. The number of nitrogens with one attached hydrogen (secondary N) is 1. The van der Waals surface area contributed by atoms with Gasteiger partial charge in [0.15, 0.2) is 6.04 Å². The molecule has 0 aliphatic rings. The van der Waals surface area contributed by atoms with Crippen LogP contribution in [0.4, 0.5) is 8.78 Å². The smallest absolute Gasteiger partial charge is 0.328 e. The molecule has 12 heavy (non-hydrogen) atoms. The lowest BCUT2D eigenvalue weighted by Crippen LogP contribution is -2.45. The lowest BCUT2D eigenvalue weighted by atomic mass is 10.3. The Morgan fingerprint density at radius 3 is 2.17 bits per heavy atom. The molecule has 0 bridgehead atoms. The molecule has 7 heteroatoms. The zero-order valence-corrected chi connectivity index (χ0v) is 5.83. The number of halogens is 2. The van der Waals surface area contributed by atoms with E-state index in [9.17, 15) is 18.4 Å². The minimum absolute atomic E-state index is 0.923. The molecule has 0 saturated carbocycles. The number of carboxylic acids is 1. The van der Waals surface area contributed by atoms with E-state index in [-0.39, 0.29) is 0 Å². The van der Waals surface area contributed by atoms with E-state index in [2.05, 4.69) is 0 Å². The second-order valence-corrected chi connectivity index (χ2v) is 1.88. The Kier molecular flexibility index (Phi) is 4.12. The molecule has 0 spiro atoms. The largest absolute Gasteiger partial charge is 0.480 e. The molecule has 0 heterocycles. The summed E-state index contributed by atoms with van der Waals surface area (Å²) in [7, 11) is 0. The highest BCUT2D eigenvalue weighted by Crippen LogP contribution is 1.92. The highest BCUT2D eigenvalue weighted by Gasteiger charge is 2.23. The van der Waals surface area contributed by atoms with Gasteiger partial charge < -0.3 is 15.5 Å². The van der Waals surface area contributed by atoms with E-state index < -0.39 is 31.0 Å². The van der Waals surface area contributed by atoms with E-state index in [4.69, 9.17) is 10.2 Å². The molecule has 0 radical (unpaired) electrons. The average Bonchev–Trinajstić information content (AvgIpc) is 1.98. The lowest BCUT2D eigenvalue weighted by molar-refractivity contribution is -0.145. The Balaban J connectivity index is 4.03. The van der Waals surface area contributed by atoms with Gasteiger partial charge in [-0.15, -0.1) is 0 Å². The van der Waals surface area contributed by atoms with E-state index in [0.717, 1.165) is 0 Å². The van der Waals surface area contributed by atoms with Gasteiger partial charge in [-0.3, -0.25) is 4.79 Å². The maximum Gasteiger partial charge on any atom is 0.328 e. The first-order valence-electron chi connectivity index (χ1n) is 2.91. The van der Waals surface area contributed by atoms with E-state index in [1.807, 2.05) is 0 Å². The van der Waals surface area contributed by atoms with Gasteiger partial charge >= 0.3 is 12.4 Å². The van der Waals surface area contributed by atoms with Crippen LogP contribution in [0.1, 0.15) is 0 Å². The number of aliphatic hydroxyl groups excluding tert-OH is 1.